The Hall–Kier alpha value is -3.79. The lowest BCUT2D eigenvalue weighted by Gasteiger charge is -2.28. The quantitative estimate of drug-likeness (QED) is 0.0368. The molecular weight excluding hydrogens is 783 g/mol. The number of carbonyl (C=O) groups excluding carboxylic acids is 5. The van der Waals surface area contributed by atoms with Crippen molar-refractivity contribution in [2.24, 2.45) is 29.0 Å². The minimum atomic E-state index is -1.19. The number of hydrogen-bond donors (Lipinski definition) is 9. The maximum absolute atomic E-state index is 12.9. The molecule has 5 amide bonds. The molecular formula is C45H83N7O9. The second-order valence-electron chi connectivity index (χ2n) is 17.3. The van der Waals surface area contributed by atoms with E-state index in [1.165, 1.54) is 64.2 Å². The van der Waals surface area contributed by atoms with E-state index in [4.69, 9.17) is 22.3 Å². The van der Waals surface area contributed by atoms with Crippen molar-refractivity contribution in [2.45, 2.75) is 211 Å². The van der Waals surface area contributed by atoms with E-state index in [1.807, 2.05) is 0 Å². The predicted octanol–water partition coefficient (Wildman–Crippen LogP) is 5.08. The smallest absolute Gasteiger partial charge is 0.326 e. The molecule has 1 aliphatic carbocycles. The van der Waals surface area contributed by atoms with E-state index < -0.39 is 36.0 Å². The molecule has 1 saturated carbocycles. The maximum Gasteiger partial charge on any atom is 0.326 e. The molecule has 0 aromatic carbocycles. The average molecular weight is 866 g/mol. The minimum absolute atomic E-state index is 0.0306. The van der Waals surface area contributed by atoms with Crippen LogP contribution in [-0.4, -0.2) is 89.4 Å². The molecule has 16 nitrogen and oxygen atoms in total. The SMILES string of the molecule is NC(=O)[C@@H](N)CCCCNC(=O)[C@@H](N)CCCCNC(=O)CC[C@H](NC(=O)[C@H]1CC[C@H](CNC(=O)CCCCCCCCCCCCCCCCCCC(=O)O)CC1)C(=O)O. The number of primary amides is 1. The van der Waals surface area contributed by atoms with Crippen LogP contribution in [0.25, 0.3) is 0 Å². The summed E-state index contributed by atoms with van der Waals surface area (Å²) in [5.41, 5.74) is 16.7. The van der Waals surface area contributed by atoms with E-state index in [2.05, 4.69) is 21.3 Å². The highest BCUT2D eigenvalue weighted by Crippen LogP contribution is 2.29. The van der Waals surface area contributed by atoms with Gasteiger partial charge in [-0.05, 0) is 89.4 Å². The van der Waals surface area contributed by atoms with Crippen LogP contribution < -0.4 is 38.5 Å². The van der Waals surface area contributed by atoms with Crippen LogP contribution in [0.4, 0.5) is 0 Å². The van der Waals surface area contributed by atoms with Crippen LogP contribution in [0.1, 0.15) is 193 Å². The second kappa shape index (κ2) is 35.8. The van der Waals surface area contributed by atoms with Gasteiger partial charge in [-0.2, -0.15) is 0 Å². The summed E-state index contributed by atoms with van der Waals surface area (Å²) < 4.78 is 0. The summed E-state index contributed by atoms with van der Waals surface area (Å²) in [7, 11) is 0. The van der Waals surface area contributed by atoms with Crippen LogP contribution in [0.15, 0.2) is 0 Å². The Bertz CT molecular complexity index is 1260. The number of rotatable bonds is 39. The Morgan fingerprint density at radius 1 is 0.508 bits per heavy atom. The molecule has 0 aromatic heterocycles. The van der Waals surface area contributed by atoms with Crippen molar-refractivity contribution in [3.63, 3.8) is 0 Å². The average Bonchev–Trinajstić information content (AvgIpc) is 3.23. The van der Waals surface area contributed by atoms with Crippen LogP contribution in [-0.2, 0) is 33.6 Å². The summed E-state index contributed by atoms with van der Waals surface area (Å²) in [6.45, 7) is 1.36. The van der Waals surface area contributed by atoms with Gasteiger partial charge >= 0.3 is 11.9 Å². The van der Waals surface area contributed by atoms with Crippen molar-refractivity contribution in [1.29, 1.82) is 0 Å². The molecule has 3 atom stereocenters. The van der Waals surface area contributed by atoms with Crippen molar-refractivity contribution >= 4 is 41.5 Å². The molecule has 12 N–H and O–H groups in total. The topological polar surface area (TPSA) is 286 Å². The molecule has 0 aromatic rings. The fourth-order valence-corrected chi connectivity index (χ4v) is 7.75. The molecule has 1 fully saturated rings. The third-order valence-electron chi connectivity index (χ3n) is 11.8. The van der Waals surface area contributed by atoms with E-state index in [-0.39, 0.29) is 42.4 Å². The number of carboxylic acid groups (broad SMARTS) is 2. The zero-order valence-corrected chi connectivity index (χ0v) is 37.2. The molecule has 0 spiro atoms. The number of nitrogens with two attached hydrogens (primary N) is 3. The van der Waals surface area contributed by atoms with Gasteiger partial charge in [0.15, 0.2) is 0 Å². The van der Waals surface area contributed by atoms with Gasteiger partial charge in [-0.15, -0.1) is 0 Å². The zero-order chi connectivity index (χ0) is 45.1. The summed E-state index contributed by atoms with van der Waals surface area (Å²) in [6.07, 6.45) is 25.7. The first-order chi connectivity index (χ1) is 29.3. The first-order valence-corrected chi connectivity index (χ1v) is 23.7. The maximum atomic E-state index is 12.9. The first-order valence-electron chi connectivity index (χ1n) is 23.7. The van der Waals surface area contributed by atoms with Crippen LogP contribution in [0.3, 0.4) is 0 Å². The summed E-state index contributed by atoms with van der Waals surface area (Å²) in [4.78, 5) is 83.3. The minimum Gasteiger partial charge on any atom is -0.481 e. The van der Waals surface area contributed by atoms with Crippen LogP contribution in [0.2, 0.25) is 0 Å². The lowest BCUT2D eigenvalue weighted by atomic mass is 9.81. The fraction of sp³-hybridized carbons (Fsp3) is 0.844. The highest BCUT2D eigenvalue weighted by atomic mass is 16.4. The van der Waals surface area contributed by atoms with E-state index >= 15 is 0 Å². The van der Waals surface area contributed by atoms with Crippen molar-refractivity contribution in [1.82, 2.24) is 21.3 Å². The molecule has 0 unspecified atom stereocenters. The van der Waals surface area contributed by atoms with Gasteiger partial charge in [-0.25, -0.2) is 4.79 Å². The highest BCUT2D eigenvalue weighted by molar-refractivity contribution is 5.86. The Morgan fingerprint density at radius 3 is 1.46 bits per heavy atom. The molecule has 0 aliphatic heterocycles. The van der Waals surface area contributed by atoms with E-state index in [1.54, 1.807) is 0 Å². The molecule has 61 heavy (non-hydrogen) atoms. The van der Waals surface area contributed by atoms with Gasteiger partial charge < -0.3 is 48.7 Å². The van der Waals surface area contributed by atoms with Gasteiger partial charge in [-0.3, -0.25) is 28.8 Å². The molecule has 1 aliphatic rings. The summed E-state index contributed by atoms with van der Waals surface area (Å²) >= 11 is 0. The number of carbonyl (C=O) groups is 7. The Labute approximate surface area is 365 Å². The van der Waals surface area contributed by atoms with Crippen LogP contribution in [0, 0.1) is 11.8 Å². The van der Waals surface area contributed by atoms with Gasteiger partial charge in [0.1, 0.15) is 6.04 Å². The van der Waals surface area contributed by atoms with Gasteiger partial charge in [0.25, 0.3) is 0 Å². The Morgan fingerprint density at radius 2 is 0.967 bits per heavy atom. The predicted molar refractivity (Wildman–Crippen MR) is 237 cm³/mol. The summed E-state index contributed by atoms with van der Waals surface area (Å²) in [5, 5.41) is 29.6. The lowest BCUT2D eigenvalue weighted by molar-refractivity contribution is -0.143. The molecule has 0 radical (unpaired) electrons. The van der Waals surface area contributed by atoms with Crippen molar-refractivity contribution < 1.29 is 43.8 Å². The number of amides is 5. The highest BCUT2D eigenvalue weighted by Gasteiger charge is 2.30. The third-order valence-corrected chi connectivity index (χ3v) is 11.8. The molecule has 0 saturated heterocycles. The Balaban J connectivity index is 2.06. The van der Waals surface area contributed by atoms with E-state index in [9.17, 15) is 38.7 Å². The normalized spacial score (nSPS) is 16.5. The molecule has 352 valence electrons. The third kappa shape index (κ3) is 30.8. The van der Waals surface area contributed by atoms with Crippen LogP contribution >= 0.6 is 0 Å². The largest absolute Gasteiger partial charge is 0.481 e. The Kier molecular flexibility index (Phi) is 32.4. The van der Waals surface area contributed by atoms with Gasteiger partial charge in [0, 0.05) is 44.8 Å². The number of nitrogens with one attached hydrogen (secondary N) is 4. The van der Waals surface area contributed by atoms with E-state index in [0.717, 1.165) is 51.4 Å². The second-order valence-corrected chi connectivity index (χ2v) is 17.3. The number of aliphatic carboxylic acids is 2. The van der Waals surface area contributed by atoms with Crippen molar-refractivity contribution in [2.75, 3.05) is 19.6 Å². The number of hydrogen-bond acceptors (Lipinski definition) is 9. The van der Waals surface area contributed by atoms with Crippen LogP contribution in [0.5, 0.6) is 0 Å². The van der Waals surface area contributed by atoms with Crippen molar-refractivity contribution in [3.8, 4) is 0 Å². The van der Waals surface area contributed by atoms with Gasteiger partial charge in [-0.1, -0.05) is 89.9 Å². The standard InChI is InChI=1S/C45H83N7O9/c46-36(42(48)57)21-17-20-32-50-44(59)37(47)22-18-19-31-49-40(54)30-29-38(45(60)61)52-43(58)35-27-25-34(26-28-35)33-51-39(53)23-15-13-11-9-7-5-3-1-2-4-6-8-10-12-14-16-24-41(55)56/h34-38H,1-33,46-47H2,(H2,48,57)(H,49,54)(H,50,59)(H,51,53)(H,52,58)(H,55,56)(H,60,61)/t34-,35-,36-,37-,38-/m0/s1. The van der Waals surface area contributed by atoms with Gasteiger partial charge in [0.05, 0.1) is 12.1 Å². The van der Waals surface area contributed by atoms with E-state index in [0.29, 0.717) is 89.8 Å². The molecule has 0 bridgehead atoms. The number of carboxylic acids is 2. The first kappa shape index (κ1) is 55.2. The summed E-state index contributed by atoms with van der Waals surface area (Å²) in [5.74, 6) is -3.27. The zero-order valence-electron chi connectivity index (χ0n) is 37.2. The monoisotopic (exact) mass is 866 g/mol. The van der Waals surface area contributed by atoms with Crippen molar-refractivity contribution in [3.05, 3.63) is 0 Å². The molecule has 1 rings (SSSR count). The number of unbranched alkanes of at least 4 members (excludes halogenated alkanes) is 17. The fourth-order valence-electron chi connectivity index (χ4n) is 7.75. The van der Waals surface area contributed by atoms with Gasteiger partial charge in [0.2, 0.25) is 29.5 Å². The lowest BCUT2D eigenvalue weighted by Crippen LogP contribution is -2.45. The molecule has 16 heteroatoms. The molecule has 0 heterocycles. The summed E-state index contributed by atoms with van der Waals surface area (Å²) in [6, 6.07) is -2.54.